The van der Waals surface area contributed by atoms with Crippen LogP contribution in [0.15, 0.2) is 0 Å². The van der Waals surface area contributed by atoms with Gasteiger partial charge in [-0.3, -0.25) is 9.59 Å². The molecular formula is C18H26BBr3N2O2. The van der Waals surface area contributed by atoms with Gasteiger partial charge in [-0.2, -0.15) is 0 Å². The highest BCUT2D eigenvalue weighted by Crippen LogP contribution is 2.67. The molecule has 4 fully saturated rings. The number of rotatable bonds is 4. The topological polar surface area (TPSA) is 58.2 Å². The smallest absolute Gasteiger partial charge is 0.247 e. The molecule has 4 rings (SSSR count). The molecule has 2 N–H and O–H groups in total. The lowest BCUT2D eigenvalue weighted by Gasteiger charge is -2.69. The van der Waals surface area contributed by atoms with Crippen molar-refractivity contribution in [1.82, 2.24) is 10.6 Å². The van der Waals surface area contributed by atoms with Gasteiger partial charge in [0, 0.05) is 11.1 Å². The molecule has 4 bridgehead atoms. The van der Waals surface area contributed by atoms with Crippen molar-refractivity contribution in [1.29, 1.82) is 0 Å². The number of carbonyl (C=O) groups excluding carboxylic acids is 2. The van der Waals surface area contributed by atoms with Crippen LogP contribution in [0.1, 0.15) is 66.2 Å². The van der Waals surface area contributed by atoms with Gasteiger partial charge in [-0.25, -0.2) is 0 Å². The summed E-state index contributed by atoms with van der Waals surface area (Å²) in [6, 6.07) is 0. The van der Waals surface area contributed by atoms with Crippen LogP contribution in [0.2, 0.25) is 0 Å². The fourth-order valence-electron chi connectivity index (χ4n) is 6.67. The largest absolute Gasteiger partial charge is 0.350 e. The Labute approximate surface area is 182 Å². The number of halogens is 3. The van der Waals surface area contributed by atoms with E-state index in [0.29, 0.717) is 0 Å². The third-order valence-electron chi connectivity index (χ3n) is 6.19. The Hall–Kier alpha value is 0.445. The number of amides is 2. The molecular weight excluding hydrogens is 527 g/mol. The normalized spacial score (nSPS) is 43.7. The van der Waals surface area contributed by atoms with Crippen molar-refractivity contribution in [3.05, 3.63) is 0 Å². The van der Waals surface area contributed by atoms with Crippen molar-refractivity contribution >= 4 is 67.5 Å². The minimum absolute atomic E-state index is 0.0720. The van der Waals surface area contributed by atoms with E-state index in [0.717, 1.165) is 38.5 Å². The van der Waals surface area contributed by atoms with Gasteiger partial charge in [-0.15, -0.1) is 0 Å². The monoisotopic (exact) mass is 550 g/mol. The molecule has 4 saturated carbocycles. The number of alkyl halides is 3. The minimum atomic E-state index is -1.10. The van der Waals surface area contributed by atoms with E-state index >= 15 is 0 Å². The summed E-state index contributed by atoms with van der Waals surface area (Å²) in [6.07, 6.45) is 5.64. The van der Waals surface area contributed by atoms with Crippen molar-refractivity contribution in [3.63, 3.8) is 0 Å². The van der Waals surface area contributed by atoms with Crippen molar-refractivity contribution < 1.29 is 9.59 Å². The molecule has 4 aliphatic carbocycles. The number of hydrogen-bond donors (Lipinski definition) is 2. The van der Waals surface area contributed by atoms with Gasteiger partial charge in [0.1, 0.15) is 7.85 Å². The molecule has 3 unspecified atom stereocenters. The van der Waals surface area contributed by atoms with Crippen LogP contribution < -0.4 is 10.6 Å². The molecule has 0 spiro atoms. The van der Waals surface area contributed by atoms with E-state index in [-0.39, 0.29) is 33.7 Å². The highest BCUT2D eigenvalue weighted by Gasteiger charge is 2.66. The van der Waals surface area contributed by atoms with E-state index in [2.05, 4.69) is 72.3 Å². The fraction of sp³-hybridized carbons (Fsp3) is 0.889. The summed E-state index contributed by atoms with van der Waals surface area (Å²) in [7, 11) is 5.97. The molecule has 4 aliphatic rings. The lowest BCUT2D eigenvalue weighted by atomic mass is 9.40. The molecule has 4 nitrogen and oxygen atoms in total. The second kappa shape index (κ2) is 5.98. The quantitative estimate of drug-likeness (QED) is 0.411. The molecule has 0 aromatic rings. The second-order valence-corrected chi connectivity index (χ2v) is 16.0. The van der Waals surface area contributed by atoms with Gasteiger partial charge in [0.15, 0.2) is 3.23 Å². The minimum Gasteiger partial charge on any atom is -0.350 e. The van der Waals surface area contributed by atoms with Crippen LogP contribution in [-0.2, 0) is 9.59 Å². The summed E-state index contributed by atoms with van der Waals surface area (Å²) in [4.78, 5) is 25.4. The second-order valence-electron chi connectivity index (χ2n) is 10.1. The fourth-order valence-corrected chi connectivity index (χ4v) is 6.97. The standard InChI is InChI=1S/C18H26BBr3N2O2/c1-13-5-14(2)7-17(6-13,23-11(25)15(3,19)20)10-18(8-13,9-14)24-12(26)16(4,21)22/h5-10H2,1-4H3,(H,23,25)(H,24,26). The average Bonchev–Trinajstić information content (AvgIpc) is 2.29. The molecule has 2 radical (unpaired) electrons. The highest BCUT2D eigenvalue weighted by molar-refractivity contribution is 9.25. The third kappa shape index (κ3) is 3.93. The van der Waals surface area contributed by atoms with Crippen LogP contribution in [-0.4, -0.2) is 38.2 Å². The number of nitrogens with one attached hydrogen (secondary N) is 2. The van der Waals surface area contributed by atoms with Gasteiger partial charge in [-0.1, -0.05) is 61.6 Å². The molecule has 26 heavy (non-hydrogen) atoms. The van der Waals surface area contributed by atoms with Crippen molar-refractivity contribution in [3.8, 4) is 0 Å². The van der Waals surface area contributed by atoms with E-state index in [9.17, 15) is 9.59 Å². The zero-order valence-electron chi connectivity index (χ0n) is 15.8. The summed E-state index contributed by atoms with van der Waals surface area (Å²) in [6.45, 7) is 8.03. The summed E-state index contributed by atoms with van der Waals surface area (Å²) in [5, 5.41) is 6.59. The molecule has 0 heterocycles. The van der Waals surface area contributed by atoms with Crippen LogP contribution in [0.25, 0.3) is 0 Å². The van der Waals surface area contributed by atoms with E-state index in [1.807, 2.05) is 0 Å². The van der Waals surface area contributed by atoms with Crippen LogP contribution >= 0.6 is 47.8 Å². The summed E-state index contributed by atoms with van der Waals surface area (Å²) in [5.41, 5.74) is -0.443. The molecule has 8 heteroatoms. The SMILES string of the molecule is [B]C(C)(Br)C(=O)NC12CC3(C)CC(C)(C1)CC(NC(=O)C(C)(Br)Br)(C3)C2. The summed E-state index contributed by atoms with van der Waals surface area (Å²) >= 11 is 10.1. The Morgan fingerprint density at radius 1 is 0.808 bits per heavy atom. The zero-order valence-corrected chi connectivity index (χ0v) is 20.5. The lowest BCUT2D eigenvalue weighted by Crippen LogP contribution is -2.75. The molecule has 144 valence electrons. The first-order valence-electron chi connectivity index (χ1n) is 9.01. The first-order chi connectivity index (χ1) is 11.5. The lowest BCUT2D eigenvalue weighted by molar-refractivity contribution is -0.155. The first kappa shape index (κ1) is 21.2. The van der Waals surface area contributed by atoms with Gasteiger partial charge in [-0.05, 0) is 63.2 Å². The van der Waals surface area contributed by atoms with Crippen molar-refractivity contribution in [2.75, 3.05) is 0 Å². The van der Waals surface area contributed by atoms with Gasteiger partial charge >= 0.3 is 0 Å². The molecule has 0 saturated heterocycles. The first-order valence-corrected chi connectivity index (χ1v) is 11.4. The maximum absolute atomic E-state index is 12.7. The summed E-state index contributed by atoms with van der Waals surface area (Å²) < 4.78 is -1.90. The molecule has 0 aliphatic heterocycles. The Kier molecular flexibility index (Phi) is 4.86. The Bertz CT molecular complexity index is 588. The number of hydrogen-bond acceptors (Lipinski definition) is 2. The predicted octanol–water partition coefficient (Wildman–Crippen LogP) is 3.88. The van der Waals surface area contributed by atoms with Gasteiger partial charge < -0.3 is 10.6 Å². The zero-order chi connectivity index (χ0) is 19.8. The van der Waals surface area contributed by atoms with Crippen molar-refractivity contribution in [2.24, 2.45) is 10.8 Å². The maximum Gasteiger partial charge on any atom is 0.247 e. The Morgan fingerprint density at radius 2 is 1.19 bits per heavy atom. The van der Waals surface area contributed by atoms with Crippen LogP contribution in [0.5, 0.6) is 0 Å². The average molecular weight is 553 g/mol. The summed E-state index contributed by atoms with van der Waals surface area (Å²) in [5.74, 6) is -0.267. The maximum atomic E-state index is 12.7. The van der Waals surface area contributed by atoms with Crippen LogP contribution in [0, 0.1) is 10.8 Å². The predicted molar refractivity (Wildman–Crippen MR) is 115 cm³/mol. The van der Waals surface area contributed by atoms with E-state index in [4.69, 9.17) is 7.85 Å². The highest BCUT2D eigenvalue weighted by atomic mass is 79.9. The number of carbonyl (C=O) groups is 2. The van der Waals surface area contributed by atoms with Gasteiger partial charge in [0.25, 0.3) is 0 Å². The van der Waals surface area contributed by atoms with Crippen molar-refractivity contribution in [2.45, 2.75) is 84.8 Å². The molecule has 0 aromatic carbocycles. The molecule has 0 aromatic heterocycles. The van der Waals surface area contributed by atoms with Crippen LogP contribution in [0.3, 0.4) is 0 Å². The Morgan fingerprint density at radius 3 is 1.54 bits per heavy atom. The van der Waals surface area contributed by atoms with Crippen LogP contribution in [0.4, 0.5) is 0 Å². The van der Waals surface area contributed by atoms with E-state index in [1.165, 1.54) is 0 Å². The van der Waals surface area contributed by atoms with Gasteiger partial charge in [0.2, 0.25) is 11.8 Å². The third-order valence-corrected chi connectivity index (χ3v) is 7.27. The Balaban J connectivity index is 1.95. The molecule has 2 amide bonds. The van der Waals surface area contributed by atoms with Gasteiger partial charge in [0.05, 0.1) is 4.22 Å². The molecule has 3 atom stereocenters. The van der Waals surface area contributed by atoms with E-state index < -0.39 is 7.46 Å². The van der Waals surface area contributed by atoms with E-state index in [1.54, 1.807) is 13.8 Å².